The minimum absolute atomic E-state index is 0.0589. The predicted molar refractivity (Wildman–Crippen MR) is 73.5 cm³/mol. The summed E-state index contributed by atoms with van der Waals surface area (Å²) in [6.07, 6.45) is 6.52. The van der Waals surface area contributed by atoms with Gasteiger partial charge in [0.15, 0.2) is 0 Å². The normalized spacial score (nSPS) is 17.4. The number of benzene rings is 1. The number of aromatic carboxylic acids is 1. The summed E-state index contributed by atoms with van der Waals surface area (Å²) < 4.78 is 0. The van der Waals surface area contributed by atoms with E-state index in [0.717, 1.165) is 12.8 Å². The minimum atomic E-state index is -1.07. The lowest BCUT2D eigenvalue weighted by atomic mass is 10.0. The Morgan fingerprint density at radius 3 is 2.79 bits per heavy atom. The van der Waals surface area contributed by atoms with E-state index in [1.807, 2.05) is 6.08 Å². The number of carboxylic acids is 1. The Labute approximate surface area is 116 Å². The van der Waals surface area contributed by atoms with Crippen LogP contribution in [0, 0.1) is 5.92 Å². The van der Waals surface area contributed by atoms with Crippen LogP contribution in [0.4, 0.5) is 5.69 Å². The summed E-state index contributed by atoms with van der Waals surface area (Å²) in [5, 5.41) is 11.9. The molecule has 19 heavy (non-hydrogen) atoms. The Hall–Kier alpha value is -1.81. The van der Waals surface area contributed by atoms with E-state index in [4.69, 9.17) is 16.7 Å². The zero-order chi connectivity index (χ0) is 13.8. The van der Waals surface area contributed by atoms with Gasteiger partial charge in [-0.25, -0.2) is 4.79 Å². The third-order valence-electron chi connectivity index (χ3n) is 2.99. The number of amides is 1. The van der Waals surface area contributed by atoms with Crippen LogP contribution in [0.1, 0.15) is 29.6 Å². The number of nitrogens with one attached hydrogen (secondary N) is 1. The van der Waals surface area contributed by atoms with Gasteiger partial charge in [-0.05, 0) is 37.0 Å². The summed E-state index contributed by atoms with van der Waals surface area (Å²) >= 11 is 5.82. The first kappa shape index (κ1) is 13.6. The number of hydrogen-bond acceptors (Lipinski definition) is 2. The van der Waals surface area contributed by atoms with Crippen molar-refractivity contribution in [3.05, 3.63) is 40.9 Å². The molecule has 0 fully saturated rings. The first-order chi connectivity index (χ1) is 9.04. The van der Waals surface area contributed by atoms with E-state index in [9.17, 15) is 9.59 Å². The fraction of sp³-hybridized carbons (Fsp3) is 0.286. The summed E-state index contributed by atoms with van der Waals surface area (Å²) in [7, 11) is 0. The lowest BCUT2D eigenvalue weighted by Gasteiger charge is -2.09. The van der Waals surface area contributed by atoms with Crippen LogP contribution in [0.15, 0.2) is 30.4 Å². The minimum Gasteiger partial charge on any atom is -0.478 e. The van der Waals surface area contributed by atoms with Gasteiger partial charge in [-0.1, -0.05) is 23.8 Å². The van der Waals surface area contributed by atoms with Crippen LogP contribution in [0.3, 0.4) is 0 Å². The second kappa shape index (κ2) is 5.89. The van der Waals surface area contributed by atoms with Gasteiger partial charge in [-0.3, -0.25) is 4.79 Å². The van der Waals surface area contributed by atoms with E-state index < -0.39 is 5.97 Å². The molecule has 1 aliphatic rings. The highest BCUT2D eigenvalue weighted by molar-refractivity contribution is 6.31. The van der Waals surface area contributed by atoms with Crippen LogP contribution in [-0.2, 0) is 4.79 Å². The molecule has 0 bridgehead atoms. The molecule has 0 spiro atoms. The van der Waals surface area contributed by atoms with Crippen molar-refractivity contribution in [3.8, 4) is 0 Å². The largest absolute Gasteiger partial charge is 0.478 e. The van der Waals surface area contributed by atoms with Crippen molar-refractivity contribution in [3.63, 3.8) is 0 Å². The number of hydrogen-bond donors (Lipinski definition) is 2. The average molecular weight is 280 g/mol. The molecule has 1 amide bonds. The molecule has 1 unspecified atom stereocenters. The highest BCUT2D eigenvalue weighted by atomic mass is 35.5. The predicted octanol–water partition coefficient (Wildman–Crippen LogP) is 3.33. The molecule has 1 aromatic carbocycles. The monoisotopic (exact) mass is 279 g/mol. The maximum atomic E-state index is 11.8. The van der Waals surface area contributed by atoms with Crippen molar-refractivity contribution < 1.29 is 14.7 Å². The molecule has 4 nitrogen and oxygen atoms in total. The van der Waals surface area contributed by atoms with E-state index in [2.05, 4.69) is 11.4 Å². The molecule has 1 aromatic rings. The molecule has 0 radical (unpaired) electrons. The summed E-state index contributed by atoms with van der Waals surface area (Å²) in [4.78, 5) is 22.7. The van der Waals surface area contributed by atoms with Gasteiger partial charge in [0.2, 0.25) is 5.91 Å². The van der Waals surface area contributed by atoms with Gasteiger partial charge in [0.1, 0.15) is 0 Å². The van der Waals surface area contributed by atoms with Crippen molar-refractivity contribution >= 4 is 29.2 Å². The van der Waals surface area contributed by atoms with Crippen molar-refractivity contribution in [2.24, 2.45) is 5.92 Å². The summed E-state index contributed by atoms with van der Waals surface area (Å²) in [5.74, 6) is -0.926. The maximum Gasteiger partial charge on any atom is 0.335 e. The number of halogens is 1. The molecule has 0 heterocycles. The van der Waals surface area contributed by atoms with E-state index in [-0.39, 0.29) is 22.4 Å². The number of rotatable bonds is 4. The Bertz CT molecular complexity index is 539. The van der Waals surface area contributed by atoms with Crippen molar-refractivity contribution in [2.45, 2.75) is 19.3 Å². The second-order valence-electron chi connectivity index (χ2n) is 4.55. The van der Waals surface area contributed by atoms with Crippen LogP contribution in [-0.4, -0.2) is 17.0 Å². The first-order valence-electron chi connectivity index (χ1n) is 6.05. The Morgan fingerprint density at radius 2 is 2.16 bits per heavy atom. The Balaban J connectivity index is 2.03. The lowest BCUT2D eigenvalue weighted by molar-refractivity contribution is -0.116. The lowest BCUT2D eigenvalue weighted by Crippen LogP contribution is -2.15. The van der Waals surface area contributed by atoms with Crippen molar-refractivity contribution in [1.82, 2.24) is 0 Å². The van der Waals surface area contributed by atoms with E-state index >= 15 is 0 Å². The van der Waals surface area contributed by atoms with Gasteiger partial charge < -0.3 is 10.4 Å². The van der Waals surface area contributed by atoms with Crippen LogP contribution < -0.4 is 5.32 Å². The highest BCUT2D eigenvalue weighted by Crippen LogP contribution is 2.23. The van der Waals surface area contributed by atoms with E-state index in [1.54, 1.807) is 0 Å². The summed E-state index contributed by atoms with van der Waals surface area (Å²) in [6, 6.07) is 4.28. The van der Waals surface area contributed by atoms with Crippen molar-refractivity contribution in [2.75, 3.05) is 5.32 Å². The smallest absolute Gasteiger partial charge is 0.335 e. The fourth-order valence-electron chi connectivity index (χ4n) is 2.10. The highest BCUT2D eigenvalue weighted by Gasteiger charge is 2.15. The molecule has 0 saturated carbocycles. The SMILES string of the molecule is O=C(CC1C=CCC1)Nc1cc(Cl)cc(C(=O)O)c1. The Morgan fingerprint density at radius 1 is 1.37 bits per heavy atom. The van der Waals surface area contributed by atoms with Crippen LogP contribution >= 0.6 is 11.6 Å². The summed E-state index contributed by atoms with van der Waals surface area (Å²) in [5.41, 5.74) is 0.473. The molecule has 2 rings (SSSR count). The average Bonchev–Trinajstić information content (AvgIpc) is 2.80. The number of anilines is 1. The quantitative estimate of drug-likeness (QED) is 0.831. The van der Waals surface area contributed by atoms with Crippen LogP contribution in [0.25, 0.3) is 0 Å². The zero-order valence-corrected chi connectivity index (χ0v) is 11.0. The van der Waals surface area contributed by atoms with Gasteiger partial charge in [0, 0.05) is 17.1 Å². The number of carbonyl (C=O) groups is 2. The number of carbonyl (C=O) groups excluding carboxylic acids is 1. The van der Waals surface area contributed by atoms with Gasteiger partial charge >= 0.3 is 5.97 Å². The standard InChI is InChI=1S/C14H14ClNO3/c15-11-6-10(14(18)19)7-12(8-11)16-13(17)5-9-3-1-2-4-9/h1,3,6-9H,2,4-5H2,(H,16,17)(H,18,19). The topological polar surface area (TPSA) is 66.4 Å². The summed E-state index contributed by atoms with van der Waals surface area (Å²) in [6.45, 7) is 0. The molecule has 100 valence electrons. The third kappa shape index (κ3) is 3.83. The molecule has 1 atom stereocenters. The molecule has 2 N–H and O–H groups in total. The zero-order valence-electron chi connectivity index (χ0n) is 10.2. The van der Waals surface area contributed by atoms with Gasteiger partial charge in [0.05, 0.1) is 5.56 Å². The third-order valence-corrected chi connectivity index (χ3v) is 3.21. The fourth-order valence-corrected chi connectivity index (χ4v) is 2.34. The van der Waals surface area contributed by atoms with Gasteiger partial charge in [0.25, 0.3) is 0 Å². The van der Waals surface area contributed by atoms with Gasteiger partial charge in [-0.2, -0.15) is 0 Å². The molecular weight excluding hydrogens is 266 g/mol. The molecule has 0 aromatic heterocycles. The Kier molecular flexibility index (Phi) is 4.22. The first-order valence-corrected chi connectivity index (χ1v) is 6.43. The maximum absolute atomic E-state index is 11.8. The molecule has 5 heteroatoms. The van der Waals surface area contributed by atoms with Crippen LogP contribution in [0.2, 0.25) is 5.02 Å². The molecule has 0 saturated heterocycles. The molecular formula is C14H14ClNO3. The van der Waals surface area contributed by atoms with E-state index in [1.165, 1.54) is 18.2 Å². The molecule has 1 aliphatic carbocycles. The second-order valence-corrected chi connectivity index (χ2v) is 4.99. The number of carboxylic acid groups (broad SMARTS) is 1. The van der Waals surface area contributed by atoms with Crippen molar-refractivity contribution in [1.29, 1.82) is 0 Å². The van der Waals surface area contributed by atoms with Gasteiger partial charge in [-0.15, -0.1) is 0 Å². The molecule has 0 aliphatic heterocycles. The van der Waals surface area contributed by atoms with E-state index in [0.29, 0.717) is 12.1 Å². The number of allylic oxidation sites excluding steroid dienone is 2. The van der Waals surface area contributed by atoms with Crippen LogP contribution in [0.5, 0.6) is 0 Å².